The summed E-state index contributed by atoms with van der Waals surface area (Å²) in [7, 11) is 1.64. The normalized spacial score (nSPS) is 10.6. The van der Waals surface area contributed by atoms with Crippen molar-refractivity contribution >= 4 is 0 Å². The van der Waals surface area contributed by atoms with Crippen LogP contribution in [-0.2, 0) is 12.8 Å². The summed E-state index contributed by atoms with van der Waals surface area (Å²) in [4.78, 5) is 19.4. The molecule has 0 saturated heterocycles. The molecule has 0 amide bonds. The predicted octanol–water partition coefficient (Wildman–Crippen LogP) is 3.60. The number of pyridine rings is 2. The number of nitrogens with one attached hydrogen (secondary N) is 1. The van der Waals surface area contributed by atoms with E-state index >= 15 is 0 Å². The summed E-state index contributed by atoms with van der Waals surface area (Å²) >= 11 is 0. The third-order valence-corrected chi connectivity index (χ3v) is 4.05. The lowest BCUT2D eigenvalue weighted by Crippen LogP contribution is -2.12. The van der Waals surface area contributed by atoms with Crippen LogP contribution in [0.15, 0.2) is 59.7 Å². The van der Waals surface area contributed by atoms with E-state index in [0.717, 1.165) is 40.1 Å². The summed E-state index contributed by atoms with van der Waals surface area (Å²) in [6.07, 6.45) is 5.06. The molecule has 3 aromatic rings. The summed E-state index contributed by atoms with van der Waals surface area (Å²) < 4.78 is 5.18. The average Bonchev–Trinajstić information content (AvgIpc) is 2.64. The number of H-pyrrole nitrogens is 1. The Morgan fingerprint density at radius 3 is 2.50 bits per heavy atom. The summed E-state index contributed by atoms with van der Waals surface area (Å²) in [6, 6.07) is 13.8. The van der Waals surface area contributed by atoms with Crippen LogP contribution in [0.25, 0.3) is 11.1 Å². The first-order valence-corrected chi connectivity index (χ1v) is 7.99. The fraction of sp³-hybridized carbons (Fsp3) is 0.200. The van der Waals surface area contributed by atoms with Crippen molar-refractivity contribution in [1.29, 1.82) is 0 Å². The second-order valence-electron chi connectivity index (χ2n) is 5.66. The van der Waals surface area contributed by atoms with Crippen molar-refractivity contribution in [3.05, 3.63) is 82.0 Å². The number of nitrogens with zero attached hydrogens (tertiary/aromatic N) is 1. The molecular formula is C20H20N2O2. The Labute approximate surface area is 141 Å². The van der Waals surface area contributed by atoms with Crippen LogP contribution < -0.4 is 10.3 Å². The van der Waals surface area contributed by atoms with Gasteiger partial charge in [-0.3, -0.25) is 9.78 Å². The molecule has 0 radical (unpaired) electrons. The van der Waals surface area contributed by atoms with E-state index in [9.17, 15) is 4.79 Å². The Morgan fingerprint density at radius 2 is 1.88 bits per heavy atom. The van der Waals surface area contributed by atoms with E-state index in [1.165, 1.54) is 0 Å². The van der Waals surface area contributed by atoms with Crippen LogP contribution in [0.1, 0.15) is 23.7 Å². The smallest absolute Gasteiger partial charge is 0.251 e. The Hall–Kier alpha value is -2.88. The summed E-state index contributed by atoms with van der Waals surface area (Å²) in [6.45, 7) is 2.07. The first-order valence-electron chi connectivity index (χ1n) is 7.99. The molecule has 4 nitrogen and oxygen atoms in total. The first-order chi connectivity index (χ1) is 11.7. The first kappa shape index (κ1) is 16.0. The Bertz CT molecular complexity index is 865. The maximum Gasteiger partial charge on any atom is 0.251 e. The summed E-state index contributed by atoms with van der Waals surface area (Å²) in [5.74, 6) is 0.811. The minimum Gasteiger partial charge on any atom is -0.497 e. The van der Waals surface area contributed by atoms with E-state index in [1.807, 2.05) is 48.7 Å². The van der Waals surface area contributed by atoms with Crippen molar-refractivity contribution in [2.45, 2.75) is 19.8 Å². The number of aryl methyl sites for hydroxylation is 1. The number of hydrogen-bond acceptors (Lipinski definition) is 3. The molecule has 0 saturated carbocycles. The van der Waals surface area contributed by atoms with Gasteiger partial charge in [0.05, 0.1) is 7.11 Å². The lowest BCUT2D eigenvalue weighted by Gasteiger charge is -2.07. The Balaban J connectivity index is 1.88. The number of ether oxygens (including phenoxy) is 1. The van der Waals surface area contributed by atoms with Crippen LogP contribution >= 0.6 is 0 Å². The molecule has 0 aliphatic carbocycles. The molecular weight excluding hydrogens is 300 g/mol. The molecule has 0 aliphatic rings. The highest BCUT2D eigenvalue weighted by molar-refractivity contribution is 5.64. The van der Waals surface area contributed by atoms with Gasteiger partial charge in [-0.05, 0) is 47.4 Å². The largest absolute Gasteiger partial charge is 0.497 e. The molecule has 2 aromatic heterocycles. The molecule has 3 rings (SSSR count). The molecule has 4 heteroatoms. The van der Waals surface area contributed by atoms with E-state index in [1.54, 1.807) is 13.3 Å². The SMILES string of the molecule is CCc1ccc(Cc2cc(-c3ccc(OC)cc3)c[nH]c2=O)cn1. The number of benzene rings is 1. The second-order valence-corrected chi connectivity index (χ2v) is 5.66. The molecule has 122 valence electrons. The van der Waals surface area contributed by atoms with Crippen molar-refractivity contribution < 1.29 is 4.74 Å². The van der Waals surface area contributed by atoms with Gasteiger partial charge in [-0.15, -0.1) is 0 Å². The highest BCUT2D eigenvalue weighted by atomic mass is 16.5. The van der Waals surface area contributed by atoms with Gasteiger partial charge in [0, 0.05) is 30.1 Å². The van der Waals surface area contributed by atoms with Crippen molar-refractivity contribution in [1.82, 2.24) is 9.97 Å². The van der Waals surface area contributed by atoms with E-state index < -0.39 is 0 Å². The van der Waals surface area contributed by atoms with Crippen molar-refractivity contribution in [2.24, 2.45) is 0 Å². The van der Waals surface area contributed by atoms with Crippen molar-refractivity contribution in [2.75, 3.05) is 7.11 Å². The minimum atomic E-state index is -0.0631. The monoisotopic (exact) mass is 320 g/mol. The summed E-state index contributed by atoms with van der Waals surface area (Å²) in [5.41, 5.74) is 4.77. The second kappa shape index (κ2) is 7.13. The molecule has 0 unspecified atom stereocenters. The van der Waals surface area contributed by atoms with Crippen LogP contribution in [0.3, 0.4) is 0 Å². The zero-order valence-corrected chi connectivity index (χ0v) is 13.9. The molecule has 2 heterocycles. The molecule has 0 aliphatic heterocycles. The highest BCUT2D eigenvalue weighted by Crippen LogP contribution is 2.22. The third kappa shape index (κ3) is 3.54. The fourth-order valence-corrected chi connectivity index (χ4v) is 2.60. The number of methoxy groups -OCH3 is 1. The molecule has 0 atom stereocenters. The van der Waals surface area contributed by atoms with Gasteiger partial charge >= 0.3 is 0 Å². The van der Waals surface area contributed by atoms with Gasteiger partial charge in [-0.2, -0.15) is 0 Å². The number of rotatable bonds is 5. The van der Waals surface area contributed by atoms with Gasteiger partial charge in [0.15, 0.2) is 0 Å². The van der Waals surface area contributed by atoms with Gasteiger partial charge in [-0.1, -0.05) is 25.1 Å². The van der Waals surface area contributed by atoms with E-state index in [0.29, 0.717) is 6.42 Å². The highest BCUT2D eigenvalue weighted by Gasteiger charge is 2.06. The van der Waals surface area contributed by atoms with Gasteiger partial charge in [-0.25, -0.2) is 0 Å². The maximum atomic E-state index is 12.1. The topological polar surface area (TPSA) is 55.0 Å². The number of hydrogen-bond donors (Lipinski definition) is 1. The third-order valence-electron chi connectivity index (χ3n) is 4.05. The minimum absolute atomic E-state index is 0.0631. The number of aromatic nitrogens is 2. The Kier molecular flexibility index (Phi) is 4.75. The molecule has 1 aromatic carbocycles. The average molecular weight is 320 g/mol. The molecule has 24 heavy (non-hydrogen) atoms. The van der Waals surface area contributed by atoms with E-state index in [-0.39, 0.29) is 5.56 Å². The molecule has 0 fully saturated rings. The lowest BCUT2D eigenvalue weighted by atomic mass is 10.0. The standard InChI is InChI=1S/C20H20N2O2/c1-3-18-7-4-14(12-21-18)10-16-11-17(13-22-20(16)23)15-5-8-19(24-2)9-6-15/h4-9,11-13H,3,10H2,1-2H3,(H,22,23). The van der Waals surface area contributed by atoms with Gasteiger partial charge in [0.1, 0.15) is 5.75 Å². The van der Waals surface area contributed by atoms with Crippen LogP contribution in [-0.4, -0.2) is 17.1 Å². The van der Waals surface area contributed by atoms with Gasteiger partial charge < -0.3 is 9.72 Å². The van der Waals surface area contributed by atoms with E-state index in [2.05, 4.69) is 16.9 Å². The van der Waals surface area contributed by atoms with Crippen molar-refractivity contribution in [3.8, 4) is 16.9 Å². The van der Waals surface area contributed by atoms with Crippen LogP contribution in [0.5, 0.6) is 5.75 Å². The van der Waals surface area contributed by atoms with Crippen LogP contribution in [0.4, 0.5) is 0 Å². The molecule has 1 N–H and O–H groups in total. The Morgan fingerprint density at radius 1 is 1.08 bits per heavy atom. The zero-order valence-electron chi connectivity index (χ0n) is 13.9. The van der Waals surface area contributed by atoms with E-state index in [4.69, 9.17) is 4.74 Å². The van der Waals surface area contributed by atoms with Crippen LogP contribution in [0.2, 0.25) is 0 Å². The predicted molar refractivity (Wildman–Crippen MR) is 95.5 cm³/mol. The fourth-order valence-electron chi connectivity index (χ4n) is 2.60. The lowest BCUT2D eigenvalue weighted by molar-refractivity contribution is 0.415. The number of aromatic amines is 1. The van der Waals surface area contributed by atoms with Gasteiger partial charge in [0.25, 0.3) is 5.56 Å². The summed E-state index contributed by atoms with van der Waals surface area (Å²) in [5, 5.41) is 0. The van der Waals surface area contributed by atoms with Gasteiger partial charge in [0.2, 0.25) is 0 Å². The molecule has 0 spiro atoms. The molecule has 0 bridgehead atoms. The maximum absolute atomic E-state index is 12.1. The van der Waals surface area contributed by atoms with Crippen molar-refractivity contribution in [3.63, 3.8) is 0 Å². The van der Waals surface area contributed by atoms with Crippen LogP contribution in [0, 0.1) is 0 Å². The quantitative estimate of drug-likeness (QED) is 0.781. The zero-order chi connectivity index (χ0) is 16.9.